The van der Waals surface area contributed by atoms with E-state index in [-0.39, 0.29) is 11.9 Å². The van der Waals surface area contributed by atoms with E-state index in [2.05, 4.69) is 10.3 Å². The summed E-state index contributed by atoms with van der Waals surface area (Å²) in [5.74, 6) is -0.116. The van der Waals surface area contributed by atoms with Gasteiger partial charge in [-0.2, -0.15) is 4.31 Å². The Morgan fingerprint density at radius 1 is 1.11 bits per heavy atom. The van der Waals surface area contributed by atoms with E-state index in [0.717, 1.165) is 20.3 Å². The highest BCUT2D eigenvalue weighted by molar-refractivity contribution is 7.89. The Balaban J connectivity index is 1.61. The molecule has 3 heterocycles. The van der Waals surface area contributed by atoms with Gasteiger partial charge in [0.1, 0.15) is 0 Å². The molecule has 1 fully saturated rings. The molecule has 0 radical (unpaired) electrons. The molecule has 0 aliphatic carbocycles. The highest BCUT2D eigenvalue weighted by atomic mass is 32.2. The zero-order valence-corrected chi connectivity index (χ0v) is 19.2. The van der Waals surface area contributed by atoms with Crippen molar-refractivity contribution in [3.05, 3.63) is 26.4 Å². The third-order valence-electron chi connectivity index (χ3n) is 5.07. The zero-order valence-electron chi connectivity index (χ0n) is 16.8. The van der Waals surface area contributed by atoms with E-state index in [1.807, 2.05) is 39.5 Å². The molecule has 2 aromatic heterocycles. The average molecular weight is 443 g/mol. The Hall–Kier alpha value is -1.33. The number of carbonyl (C=O) groups excluding carboxylic acids is 1. The summed E-state index contributed by atoms with van der Waals surface area (Å²) in [5.41, 5.74) is 0.922. The number of thiazole rings is 1. The molecule has 3 rings (SSSR count). The number of aryl methyl sites for hydroxylation is 4. The normalized spacial score (nSPS) is 17.6. The minimum absolute atomic E-state index is 0.116. The molecule has 0 spiro atoms. The van der Waals surface area contributed by atoms with Crippen LogP contribution >= 0.6 is 22.7 Å². The van der Waals surface area contributed by atoms with Gasteiger partial charge in [-0.1, -0.05) is 0 Å². The predicted octanol–water partition coefficient (Wildman–Crippen LogP) is 2.77. The summed E-state index contributed by atoms with van der Waals surface area (Å²) in [6.07, 6.45) is 0. The van der Waals surface area contributed by atoms with Crippen molar-refractivity contribution >= 4 is 43.7 Å². The van der Waals surface area contributed by atoms with Crippen LogP contribution in [0.25, 0.3) is 0 Å². The minimum atomic E-state index is -3.48. The summed E-state index contributed by atoms with van der Waals surface area (Å²) >= 11 is 2.96. The molecule has 7 nitrogen and oxygen atoms in total. The Morgan fingerprint density at radius 2 is 1.75 bits per heavy atom. The largest absolute Gasteiger partial charge is 0.301 e. The smallest absolute Gasteiger partial charge is 0.244 e. The molecule has 28 heavy (non-hydrogen) atoms. The number of nitrogens with one attached hydrogen (secondary N) is 1. The second kappa shape index (κ2) is 8.19. The molecular weight excluding hydrogens is 416 g/mol. The first-order chi connectivity index (χ1) is 13.1. The number of hydrogen-bond donors (Lipinski definition) is 1. The molecule has 154 valence electrons. The Labute approximate surface area is 174 Å². The highest BCUT2D eigenvalue weighted by Gasteiger charge is 2.33. The number of amides is 1. The third kappa shape index (κ3) is 4.30. The van der Waals surface area contributed by atoms with Gasteiger partial charge in [0.2, 0.25) is 15.9 Å². The van der Waals surface area contributed by atoms with E-state index in [0.29, 0.717) is 36.2 Å². The van der Waals surface area contributed by atoms with Gasteiger partial charge >= 0.3 is 0 Å². The number of piperazine rings is 1. The molecular formula is C18H26N4O3S3. The molecule has 1 atom stereocenters. The fourth-order valence-electron chi connectivity index (χ4n) is 3.24. The lowest BCUT2D eigenvalue weighted by atomic mass is 10.2. The molecule has 1 N–H and O–H groups in total. The SMILES string of the molecule is Cc1cc(S(=O)(=O)N2CCN(C(C)C(=O)Nc3nc(C)c(C)s3)CC2)c(C)s1. The van der Waals surface area contributed by atoms with Crippen molar-refractivity contribution in [2.75, 3.05) is 31.5 Å². The van der Waals surface area contributed by atoms with E-state index >= 15 is 0 Å². The highest BCUT2D eigenvalue weighted by Crippen LogP contribution is 2.28. The van der Waals surface area contributed by atoms with Crippen molar-refractivity contribution in [1.29, 1.82) is 0 Å². The molecule has 1 amide bonds. The zero-order chi connectivity index (χ0) is 20.6. The molecule has 0 saturated carbocycles. The third-order valence-corrected chi connectivity index (χ3v) is 9.18. The number of nitrogens with zero attached hydrogens (tertiary/aromatic N) is 3. The lowest BCUT2D eigenvalue weighted by Gasteiger charge is -2.36. The van der Waals surface area contributed by atoms with Gasteiger partial charge in [0.25, 0.3) is 0 Å². The van der Waals surface area contributed by atoms with Gasteiger partial charge in [-0.3, -0.25) is 9.69 Å². The molecule has 10 heteroatoms. The first kappa shape index (κ1) is 21.4. The van der Waals surface area contributed by atoms with Gasteiger partial charge in [0.15, 0.2) is 5.13 Å². The van der Waals surface area contributed by atoms with Crippen LogP contribution in [0.1, 0.15) is 27.2 Å². The lowest BCUT2D eigenvalue weighted by Crippen LogP contribution is -2.53. The van der Waals surface area contributed by atoms with Crippen molar-refractivity contribution in [1.82, 2.24) is 14.2 Å². The van der Waals surface area contributed by atoms with Crippen LogP contribution in [0.5, 0.6) is 0 Å². The summed E-state index contributed by atoms with van der Waals surface area (Å²) in [6.45, 7) is 11.3. The van der Waals surface area contributed by atoms with Crippen LogP contribution < -0.4 is 5.32 Å². The second-order valence-electron chi connectivity index (χ2n) is 7.04. The van der Waals surface area contributed by atoms with Gasteiger partial charge in [-0.15, -0.1) is 22.7 Å². The van der Waals surface area contributed by atoms with Crippen LogP contribution in [-0.4, -0.2) is 60.7 Å². The first-order valence-corrected chi connectivity index (χ1v) is 12.2. The van der Waals surface area contributed by atoms with E-state index in [1.165, 1.54) is 27.0 Å². The Kier molecular flexibility index (Phi) is 6.26. The standard InChI is InChI=1S/C18H26N4O3S3/c1-11-10-16(15(5)26-11)28(24,25)22-8-6-21(7-9-22)13(3)17(23)20-18-19-12(2)14(4)27-18/h10,13H,6-9H2,1-5H3,(H,19,20,23). The minimum Gasteiger partial charge on any atom is -0.301 e. The first-order valence-electron chi connectivity index (χ1n) is 9.15. The number of anilines is 1. The lowest BCUT2D eigenvalue weighted by molar-refractivity contribution is -0.121. The van der Waals surface area contributed by atoms with Crippen molar-refractivity contribution in [2.24, 2.45) is 0 Å². The van der Waals surface area contributed by atoms with Crippen molar-refractivity contribution < 1.29 is 13.2 Å². The van der Waals surface area contributed by atoms with Gasteiger partial charge in [0, 0.05) is 40.8 Å². The number of thiophene rings is 1. The van der Waals surface area contributed by atoms with Crippen LogP contribution in [0.4, 0.5) is 5.13 Å². The van der Waals surface area contributed by atoms with Crippen LogP contribution in [0.3, 0.4) is 0 Å². The molecule has 2 aromatic rings. The molecule has 1 aliphatic rings. The molecule has 1 aliphatic heterocycles. The van der Waals surface area contributed by atoms with Crippen LogP contribution in [0.15, 0.2) is 11.0 Å². The fourth-order valence-corrected chi connectivity index (χ4v) is 7.00. The Morgan fingerprint density at radius 3 is 2.25 bits per heavy atom. The van der Waals surface area contributed by atoms with Crippen molar-refractivity contribution in [2.45, 2.75) is 45.6 Å². The second-order valence-corrected chi connectivity index (χ2v) is 11.6. The summed E-state index contributed by atoms with van der Waals surface area (Å²) in [6, 6.07) is 1.40. The maximum Gasteiger partial charge on any atom is 0.244 e. The maximum absolute atomic E-state index is 12.9. The molecule has 1 unspecified atom stereocenters. The van der Waals surface area contributed by atoms with E-state index in [4.69, 9.17) is 0 Å². The number of rotatable bonds is 5. The van der Waals surface area contributed by atoms with Crippen LogP contribution in [-0.2, 0) is 14.8 Å². The summed E-state index contributed by atoms with van der Waals surface area (Å²) in [4.78, 5) is 22.2. The van der Waals surface area contributed by atoms with Gasteiger partial charge in [-0.05, 0) is 40.7 Å². The maximum atomic E-state index is 12.9. The summed E-state index contributed by atoms with van der Waals surface area (Å²) < 4.78 is 27.4. The monoisotopic (exact) mass is 442 g/mol. The fraction of sp³-hybridized carbons (Fsp3) is 0.556. The quantitative estimate of drug-likeness (QED) is 0.770. The summed E-state index contributed by atoms with van der Waals surface area (Å²) in [5, 5.41) is 3.48. The van der Waals surface area contributed by atoms with E-state index in [9.17, 15) is 13.2 Å². The van der Waals surface area contributed by atoms with Crippen molar-refractivity contribution in [3.8, 4) is 0 Å². The Bertz CT molecular complexity index is 953. The van der Waals surface area contributed by atoms with Crippen LogP contribution in [0.2, 0.25) is 0 Å². The predicted molar refractivity (Wildman–Crippen MR) is 114 cm³/mol. The van der Waals surface area contributed by atoms with Gasteiger partial charge in [0.05, 0.1) is 16.6 Å². The number of hydrogen-bond acceptors (Lipinski definition) is 7. The molecule has 0 bridgehead atoms. The van der Waals surface area contributed by atoms with Gasteiger partial charge in [-0.25, -0.2) is 13.4 Å². The number of carbonyl (C=O) groups is 1. The van der Waals surface area contributed by atoms with Crippen LogP contribution in [0, 0.1) is 27.7 Å². The number of sulfonamides is 1. The van der Waals surface area contributed by atoms with E-state index in [1.54, 1.807) is 6.07 Å². The molecule has 0 aromatic carbocycles. The molecule has 1 saturated heterocycles. The van der Waals surface area contributed by atoms with Gasteiger partial charge < -0.3 is 5.32 Å². The summed E-state index contributed by atoms with van der Waals surface area (Å²) in [7, 11) is -3.48. The average Bonchev–Trinajstić information content (AvgIpc) is 3.15. The van der Waals surface area contributed by atoms with E-state index < -0.39 is 10.0 Å². The topological polar surface area (TPSA) is 82.6 Å². The number of aromatic nitrogens is 1. The van der Waals surface area contributed by atoms with Crippen molar-refractivity contribution in [3.63, 3.8) is 0 Å².